The van der Waals surface area contributed by atoms with Gasteiger partial charge in [-0.05, 0) is 36.9 Å². The average molecular weight is 478 g/mol. The van der Waals surface area contributed by atoms with Gasteiger partial charge in [-0.2, -0.15) is 9.97 Å². The summed E-state index contributed by atoms with van der Waals surface area (Å²) in [6.07, 6.45) is 1.85. The Kier molecular flexibility index (Phi) is 5.57. The second-order valence-corrected chi connectivity index (χ2v) is 8.74. The van der Waals surface area contributed by atoms with Gasteiger partial charge in [-0.3, -0.25) is 0 Å². The van der Waals surface area contributed by atoms with Crippen LogP contribution in [0.4, 0.5) is 17.5 Å². The quantitative estimate of drug-likeness (QED) is 0.466. The molecular weight excluding hydrogens is 454 g/mol. The fraction of sp³-hybridized carbons (Fsp3) is 0.261. The third-order valence-corrected chi connectivity index (χ3v) is 6.07. The summed E-state index contributed by atoms with van der Waals surface area (Å²) in [4.78, 5) is 19.1. The molecule has 1 saturated heterocycles. The van der Waals surface area contributed by atoms with Gasteiger partial charge in [0.1, 0.15) is 0 Å². The highest BCUT2D eigenvalue weighted by Crippen LogP contribution is 2.27. The number of nitrogens with zero attached hydrogens (tertiary/aromatic N) is 6. The van der Waals surface area contributed by atoms with Gasteiger partial charge in [0.15, 0.2) is 17.0 Å². The molecule has 1 aliphatic rings. The summed E-state index contributed by atoms with van der Waals surface area (Å²) in [5, 5.41) is 3.45. The van der Waals surface area contributed by atoms with E-state index in [2.05, 4.69) is 71.9 Å². The maximum Gasteiger partial charge on any atom is 0.229 e. The molecule has 1 fully saturated rings. The van der Waals surface area contributed by atoms with Gasteiger partial charge in [0.05, 0.1) is 12.9 Å². The minimum atomic E-state index is 0.717. The zero-order chi connectivity index (χ0) is 21.2. The number of rotatable bonds is 5. The fourth-order valence-electron chi connectivity index (χ4n) is 3.73. The first-order valence-electron chi connectivity index (χ1n) is 10.4. The summed E-state index contributed by atoms with van der Waals surface area (Å²) >= 11 is 3.49. The number of imidazole rings is 1. The molecule has 8 heteroatoms. The predicted octanol–water partition coefficient (Wildman–Crippen LogP) is 4.13. The van der Waals surface area contributed by atoms with Crippen LogP contribution in [0.5, 0.6) is 0 Å². The molecule has 0 spiro atoms. The standard InChI is InChI=1S/C23H24BrN7/c1-29-11-13-30(14-12-29)23-27-21(26-19-9-7-18(24)8-10-19)20-22(28-23)31(16-25-20)15-17-5-3-2-4-6-17/h2-10,16H,11-15H2,1H3,(H,26,27,28). The molecule has 4 aromatic rings. The van der Waals surface area contributed by atoms with E-state index >= 15 is 0 Å². The third-order valence-electron chi connectivity index (χ3n) is 5.54. The van der Waals surface area contributed by atoms with E-state index in [9.17, 15) is 0 Å². The molecule has 2 aromatic heterocycles. The van der Waals surface area contributed by atoms with E-state index in [-0.39, 0.29) is 0 Å². The Morgan fingerprint density at radius 2 is 1.68 bits per heavy atom. The molecule has 7 nitrogen and oxygen atoms in total. The van der Waals surface area contributed by atoms with Crippen LogP contribution in [0.3, 0.4) is 0 Å². The summed E-state index contributed by atoms with van der Waals surface area (Å²) in [7, 11) is 2.15. The number of fused-ring (bicyclic) bond motifs is 1. The molecule has 3 heterocycles. The van der Waals surface area contributed by atoms with Crippen molar-refractivity contribution in [3.05, 3.63) is 71.0 Å². The maximum atomic E-state index is 4.95. The lowest BCUT2D eigenvalue weighted by Gasteiger charge is -2.32. The number of halogens is 1. The number of hydrogen-bond acceptors (Lipinski definition) is 6. The highest BCUT2D eigenvalue weighted by atomic mass is 79.9. The van der Waals surface area contributed by atoms with Crippen molar-refractivity contribution in [2.45, 2.75) is 6.54 Å². The normalized spacial score (nSPS) is 14.8. The first kappa shape index (κ1) is 20.0. The van der Waals surface area contributed by atoms with Crippen LogP contribution in [0.2, 0.25) is 0 Å². The van der Waals surface area contributed by atoms with Crippen molar-refractivity contribution in [3.8, 4) is 0 Å². The van der Waals surface area contributed by atoms with Crippen LogP contribution in [0.1, 0.15) is 5.56 Å². The summed E-state index contributed by atoms with van der Waals surface area (Å²) in [5.74, 6) is 1.48. The first-order valence-corrected chi connectivity index (χ1v) is 11.2. The second kappa shape index (κ2) is 8.64. The van der Waals surface area contributed by atoms with Crippen molar-refractivity contribution in [3.63, 3.8) is 0 Å². The molecule has 158 valence electrons. The van der Waals surface area contributed by atoms with Crippen LogP contribution in [-0.4, -0.2) is 57.6 Å². The second-order valence-electron chi connectivity index (χ2n) is 7.82. The molecule has 1 N–H and O–H groups in total. The highest BCUT2D eigenvalue weighted by Gasteiger charge is 2.20. The lowest BCUT2D eigenvalue weighted by atomic mass is 10.2. The van der Waals surface area contributed by atoms with Crippen molar-refractivity contribution in [1.29, 1.82) is 0 Å². The molecule has 0 atom stereocenters. The molecule has 0 unspecified atom stereocenters. The summed E-state index contributed by atoms with van der Waals surface area (Å²) in [5.41, 5.74) is 3.79. The lowest BCUT2D eigenvalue weighted by Crippen LogP contribution is -2.45. The molecule has 0 saturated carbocycles. The zero-order valence-corrected chi connectivity index (χ0v) is 19.0. The van der Waals surface area contributed by atoms with Gasteiger partial charge in [-0.1, -0.05) is 46.3 Å². The zero-order valence-electron chi connectivity index (χ0n) is 17.4. The Hall–Kier alpha value is -2.97. The molecule has 0 radical (unpaired) electrons. The summed E-state index contributed by atoms with van der Waals surface area (Å²) in [6.45, 7) is 4.54. The monoisotopic (exact) mass is 477 g/mol. The topological polar surface area (TPSA) is 62.1 Å². The van der Waals surface area contributed by atoms with Crippen LogP contribution < -0.4 is 10.2 Å². The Morgan fingerprint density at radius 1 is 0.935 bits per heavy atom. The van der Waals surface area contributed by atoms with Crippen LogP contribution >= 0.6 is 15.9 Å². The Labute approximate surface area is 189 Å². The highest BCUT2D eigenvalue weighted by molar-refractivity contribution is 9.10. The Morgan fingerprint density at radius 3 is 2.42 bits per heavy atom. The SMILES string of the molecule is CN1CCN(c2nc(Nc3ccc(Br)cc3)c3ncn(Cc4ccccc4)c3n2)CC1. The van der Waals surface area contributed by atoms with Gasteiger partial charge in [0.25, 0.3) is 0 Å². The number of anilines is 3. The summed E-state index contributed by atoms with van der Waals surface area (Å²) in [6, 6.07) is 18.4. The number of likely N-dealkylation sites (N-methyl/N-ethyl adjacent to an activating group) is 1. The van der Waals surface area contributed by atoms with Crippen molar-refractivity contribution < 1.29 is 0 Å². The smallest absolute Gasteiger partial charge is 0.229 e. The molecule has 1 aliphatic heterocycles. The van der Waals surface area contributed by atoms with E-state index in [4.69, 9.17) is 9.97 Å². The first-order chi connectivity index (χ1) is 15.2. The predicted molar refractivity (Wildman–Crippen MR) is 128 cm³/mol. The number of piperazine rings is 1. The van der Waals surface area contributed by atoms with Crippen LogP contribution in [0, 0.1) is 0 Å². The van der Waals surface area contributed by atoms with Crippen LogP contribution in [0.25, 0.3) is 11.2 Å². The van der Waals surface area contributed by atoms with Crippen molar-refractivity contribution in [1.82, 2.24) is 24.4 Å². The molecule has 5 rings (SSSR count). The van der Waals surface area contributed by atoms with E-state index in [1.54, 1.807) is 0 Å². The van der Waals surface area contributed by atoms with Crippen molar-refractivity contribution in [2.75, 3.05) is 43.4 Å². The fourth-order valence-corrected chi connectivity index (χ4v) is 4.00. The molecule has 0 amide bonds. The van der Waals surface area contributed by atoms with Gasteiger partial charge in [-0.15, -0.1) is 0 Å². The van der Waals surface area contributed by atoms with Gasteiger partial charge in [0.2, 0.25) is 5.95 Å². The molecule has 2 aromatic carbocycles. The number of nitrogens with one attached hydrogen (secondary N) is 1. The Balaban J connectivity index is 1.55. The van der Waals surface area contributed by atoms with Crippen molar-refractivity contribution in [2.24, 2.45) is 0 Å². The molecule has 31 heavy (non-hydrogen) atoms. The summed E-state index contributed by atoms with van der Waals surface area (Å²) < 4.78 is 3.13. The molecule has 0 aliphatic carbocycles. The molecular formula is C23H24BrN7. The van der Waals surface area contributed by atoms with E-state index < -0.39 is 0 Å². The van der Waals surface area contributed by atoms with Gasteiger partial charge in [-0.25, -0.2) is 4.98 Å². The number of benzene rings is 2. The van der Waals surface area contributed by atoms with Crippen LogP contribution in [0.15, 0.2) is 65.4 Å². The largest absolute Gasteiger partial charge is 0.338 e. The van der Waals surface area contributed by atoms with Crippen LogP contribution in [-0.2, 0) is 6.54 Å². The van der Waals surface area contributed by atoms with Crippen molar-refractivity contribution >= 4 is 44.5 Å². The minimum absolute atomic E-state index is 0.717. The average Bonchev–Trinajstić information content (AvgIpc) is 3.19. The number of hydrogen-bond donors (Lipinski definition) is 1. The third kappa shape index (κ3) is 4.40. The van der Waals surface area contributed by atoms with E-state index in [0.29, 0.717) is 6.54 Å². The maximum absolute atomic E-state index is 4.95. The molecule has 0 bridgehead atoms. The van der Waals surface area contributed by atoms with Gasteiger partial charge >= 0.3 is 0 Å². The lowest BCUT2D eigenvalue weighted by molar-refractivity contribution is 0.311. The van der Waals surface area contributed by atoms with Gasteiger partial charge in [0, 0.05) is 36.3 Å². The van der Waals surface area contributed by atoms with E-state index in [0.717, 1.165) is 59.3 Å². The van der Waals surface area contributed by atoms with Gasteiger partial charge < -0.3 is 19.7 Å². The van der Waals surface area contributed by atoms with E-state index in [1.807, 2.05) is 36.7 Å². The van der Waals surface area contributed by atoms with E-state index in [1.165, 1.54) is 5.56 Å². The minimum Gasteiger partial charge on any atom is -0.338 e. The number of aromatic nitrogens is 4. The Bertz CT molecular complexity index is 1170.